The fourth-order valence-electron chi connectivity index (χ4n) is 4.42. The molecular formula is C22H25NO2. The second kappa shape index (κ2) is 6.21. The maximum absolute atomic E-state index is 12.7. The van der Waals surface area contributed by atoms with Crippen molar-refractivity contribution in [3.63, 3.8) is 0 Å². The van der Waals surface area contributed by atoms with Gasteiger partial charge in [-0.15, -0.1) is 0 Å². The zero-order valence-corrected chi connectivity index (χ0v) is 14.7. The summed E-state index contributed by atoms with van der Waals surface area (Å²) < 4.78 is 0. The molecule has 1 unspecified atom stereocenters. The van der Waals surface area contributed by atoms with Crippen LogP contribution in [0.15, 0.2) is 48.3 Å². The molecule has 1 spiro atoms. The third kappa shape index (κ3) is 2.72. The molecule has 1 fully saturated rings. The Bertz CT molecular complexity index is 794. The Hall–Kier alpha value is -2.29. The fraction of sp³-hybridized carbons (Fsp3) is 0.409. The molecule has 1 saturated carbocycles. The topological polar surface area (TPSA) is 49.3 Å². The number of hydrogen-bond acceptors (Lipinski definition) is 2. The monoisotopic (exact) mass is 335 g/mol. The van der Waals surface area contributed by atoms with Crippen LogP contribution >= 0.6 is 0 Å². The highest BCUT2D eigenvalue weighted by atomic mass is 16.3. The number of aliphatic hydroxyl groups is 1. The molecule has 1 aromatic carbocycles. The van der Waals surface area contributed by atoms with Gasteiger partial charge in [-0.05, 0) is 48.9 Å². The maximum Gasteiger partial charge on any atom is 0.256 e. The zero-order valence-electron chi connectivity index (χ0n) is 14.7. The molecule has 3 aliphatic rings. The van der Waals surface area contributed by atoms with Gasteiger partial charge >= 0.3 is 0 Å². The smallest absolute Gasteiger partial charge is 0.256 e. The second-order valence-corrected chi connectivity index (χ2v) is 7.55. The van der Waals surface area contributed by atoms with Gasteiger partial charge in [-0.2, -0.15) is 0 Å². The number of benzene rings is 1. The van der Waals surface area contributed by atoms with E-state index in [0.29, 0.717) is 11.5 Å². The summed E-state index contributed by atoms with van der Waals surface area (Å²) in [5.41, 5.74) is 3.05. The number of hydrogen-bond donors (Lipinski definition) is 2. The van der Waals surface area contributed by atoms with E-state index in [1.54, 1.807) is 0 Å². The molecule has 3 heteroatoms. The molecule has 2 aliphatic carbocycles. The summed E-state index contributed by atoms with van der Waals surface area (Å²) in [5.74, 6) is 0.468. The molecule has 1 aliphatic heterocycles. The van der Waals surface area contributed by atoms with Gasteiger partial charge in [-0.3, -0.25) is 4.79 Å². The Kier molecular flexibility index (Phi) is 4.03. The Morgan fingerprint density at radius 2 is 1.96 bits per heavy atom. The van der Waals surface area contributed by atoms with Gasteiger partial charge in [-0.25, -0.2) is 0 Å². The molecule has 25 heavy (non-hydrogen) atoms. The summed E-state index contributed by atoms with van der Waals surface area (Å²) in [6.45, 7) is 2.01. The number of carbonyl (C=O) groups is 1. The highest BCUT2D eigenvalue weighted by Crippen LogP contribution is 2.42. The minimum atomic E-state index is -0.527. The van der Waals surface area contributed by atoms with E-state index in [1.165, 1.54) is 12.0 Å². The van der Waals surface area contributed by atoms with Crippen LogP contribution in [0.1, 0.15) is 61.1 Å². The molecular weight excluding hydrogens is 310 g/mol. The first-order chi connectivity index (χ1) is 12.1. The van der Waals surface area contributed by atoms with Crippen molar-refractivity contribution in [2.24, 2.45) is 0 Å². The molecule has 0 bridgehead atoms. The van der Waals surface area contributed by atoms with E-state index in [-0.39, 0.29) is 11.7 Å². The molecule has 130 valence electrons. The SMILES string of the molecule is Cc1ccc(C2C=CC=CC2)cc1C1=C(O)C2(CCCCC2)NC1=O. The first-order valence-electron chi connectivity index (χ1n) is 9.31. The molecule has 0 saturated heterocycles. The van der Waals surface area contributed by atoms with E-state index in [2.05, 4.69) is 47.8 Å². The molecule has 1 amide bonds. The Labute approximate surface area is 149 Å². The van der Waals surface area contributed by atoms with Gasteiger partial charge in [0.05, 0.1) is 11.1 Å². The molecule has 4 rings (SSSR count). The van der Waals surface area contributed by atoms with Crippen LogP contribution in [-0.2, 0) is 4.79 Å². The van der Waals surface area contributed by atoms with Gasteiger partial charge in [0, 0.05) is 5.92 Å². The van der Waals surface area contributed by atoms with Gasteiger partial charge < -0.3 is 10.4 Å². The van der Waals surface area contributed by atoms with Crippen LogP contribution in [0, 0.1) is 6.92 Å². The van der Waals surface area contributed by atoms with E-state index in [9.17, 15) is 9.90 Å². The lowest BCUT2D eigenvalue weighted by Gasteiger charge is -2.33. The summed E-state index contributed by atoms with van der Waals surface area (Å²) in [7, 11) is 0. The predicted molar refractivity (Wildman–Crippen MR) is 100 cm³/mol. The summed E-state index contributed by atoms with van der Waals surface area (Å²) in [4.78, 5) is 12.7. The third-order valence-electron chi connectivity index (χ3n) is 5.92. The molecule has 2 N–H and O–H groups in total. The molecule has 1 heterocycles. The van der Waals surface area contributed by atoms with Crippen LogP contribution in [0.3, 0.4) is 0 Å². The van der Waals surface area contributed by atoms with Crippen LogP contribution in [0.2, 0.25) is 0 Å². The fourth-order valence-corrected chi connectivity index (χ4v) is 4.42. The van der Waals surface area contributed by atoms with Crippen molar-refractivity contribution in [1.82, 2.24) is 5.32 Å². The number of nitrogens with one attached hydrogen (secondary N) is 1. The van der Waals surface area contributed by atoms with E-state index in [1.807, 2.05) is 6.92 Å². The van der Waals surface area contributed by atoms with Gasteiger partial charge in [0.2, 0.25) is 0 Å². The van der Waals surface area contributed by atoms with E-state index < -0.39 is 5.54 Å². The van der Waals surface area contributed by atoms with Gasteiger partial charge in [-0.1, -0.05) is 55.7 Å². The minimum absolute atomic E-state index is 0.126. The van der Waals surface area contributed by atoms with Crippen LogP contribution in [-0.4, -0.2) is 16.6 Å². The number of aliphatic hydroxyl groups excluding tert-OH is 1. The van der Waals surface area contributed by atoms with E-state index in [0.717, 1.165) is 43.2 Å². The maximum atomic E-state index is 12.7. The lowest BCUT2D eigenvalue weighted by atomic mass is 9.80. The van der Waals surface area contributed by atoms with E-state index in [4.69, 9.17) is 0 Å². The number of rotatable bonds is 2. The number of amides is 1. The Morgan fingerprint density at radius 3 is 2.68 bits per heavy atom. The van der Waals surface area contributed by atoms with Crippen LogP contribution in [0.4, 0.5) is 0 Å². The lowest BCUT2D eigenvalue weighted by Crippen LogP contribution is -2.46. The normalized spacial score (nSPS) is 24.8. The predicted octanol–water partition coefficient (Wildman–Crippen LogP) is 4.70. The van der Waals surface area contributed by atoms with E-state index >= 15 is 0 Å². The average molecular weight is 335 g/mol. The average Bonchev–Trinajstić information content (AvgIpc) is 2.87. The van der Waals surface area contributed by atoms with Crippen molar-refractivity contribution in [2.75, 3.05) is 0 Å². The molecule has 3 nitrogen and oxygen atoms in total. The lowest BCUT2D eigenvalue weighted by molar-refractivity contribution is -0.116. The van der Waals surface area contributed by atoms with Crippen LogP contribution in [0.25, 0.3) is 5.57 Å². The summed E-state index contributed by atoms with van der Waals surface area (Å²) in [5, 5.41) is 14.1. The molecule has 1 aromatic rings. The van der Waals surface area contributed by atoms with Crippen molar-refractivity contribution >= 4 is 11.5 Å². The number of carbonyl (C=O) groups excluding carboxylic acids is 1. The minimum Gasteiger partial charge on any atom is -0.509 e. The highest BCUT2D eigenvalue weighted by Gasteiger charge is 2.46. The Balaban J connectivity index is 1.76. The van der Waals surface area contributed by atoms with Crippen molar-refractivity contribution in [2.45, 2.75) is 56.9 Å². The third-order valence-corrected chi connectivity index (χ3v) is 5.92. The first-order valence-corrected chi connectivity index (χ1v) is 9.31. The quantitative estimate of drug-likeness (QED) is 0.823. The first kappa shape index (κ1) is 16.2. The molecule has 1 atom stereocenters. The van der Waals surface area contributed by atoms with Gasteiger partial charge in [0.25, 0.3) is 5.91 Å². The summed E-state index contributed by atoms with van der Waals surface area (Å²) >= 11 is 0. The van der Waals surface area contributed by atoms with Crippen LogP contribution < -0.4 is 5.32 Å². The zero-order chi connectivity index (χ0) is 17.4. The Morgan fingerprint density at radius 1 is 1.16 bits per heavy atom. The number of allylic oxidation sites excluding steroid dienone is 4. The summed E-state index contributed by atoms with van der Waals surface area (Å²) in [6.07, 6.45) is 14.4. The largest absolute Gasteiger partial charge is 0.509 e. The molecule has 0 aromatic heterocycles. The number of aryl methyl sites for hydroxylation is 1. The van der Waals surface area contributed by atoms with Crippen molar-refractivity contribution < 1.29 is 9.90 Å². The van der Waals surface area contributed by atoms with Crippen molar-refractivity contribution in [1.29, 1.82) is 0 Å². The summed E-state index contributed by atoms with van der Waals surface area (Å²) in [6, 6.07) is 6.29. The van der Waals surface area contributed by atoms with Crippen LogP contribution in [0.5, 0.6) is 0 Å². The highest BCUT2D eigenvalue weighted by molar-refractivity contribution is 6.23. The van der Waals surface area contributed by atoms with Crippen molar-refractivity contribution in [3.05, 3.63) is 65.0 Å². The van der Waals surface area contributed by atoms with Crippen molar-refractivity contribution in [3.8, 4) is 0 Å². The molecule has 0 radical (unpaired) electrons. The van der Waals surface area contributed by atoms with Gasteiger partial charge in [0.1, 0.15) is 5.76 Å². The van der Waals surface area contributed by atoms with Gasteiger partial charge in [0.15, 0.2) is 0 Å². The standard InChI is InChI=1S/C22H25NO2/c1-15-10-11-17(16-8-4-2-5-9-16)14-18(15)19-20(24)22(23-21(19)25)12-6-3-7-13-22/h2,4-5,8,10-11,14,16,24H,3,6-7,9,12-13H2,1H3,(H,23,25). The second-order valence-electron chi connectivity index (χ2n) is 7.55.